The average Bonchev–Trinajstić information content (AvgIpc) is 2.65. The van der Waals surface area contributed by atoms with Crippen LogP contribution in [0.3, 0.4) is 0 Å². The van der Waals surface area contributed by atoms with Gasteiger partial charge < -0.3 is 10.1 Å². The van der Waals surface area contributed by atoms with Gasteiger partial charge in [-0.3, -0.25) is 4.39 Å². The zero-order chi connectivity index (χ0) is 18.5. The lowest BCUT2D eigenvalue weighted by atomic mass is 10.0. The highest BCUT2D eigenvalue weighted by atomic mass is 19.1. The lowest BCUT2D eigenvalue weighted by Gasteiger charge is -2.11. The molecule has 0 radical (unpaired) electrons. The number of pyridine rings is 1. The smallest absolute Gasteiger partial charge is 0.126 e. The predicted octanol–water partition coefficient (Wildman–Crippen LogP) is 5.71. The van der Waals surface area contributed by atoms with Gasteiger partial charge in [-0.25, -0.2) is 4.98 Å². The van der Waals surface area contributed by atoms with Crippen molar-refractivity contribution in [3.05, 3.63) is 54.7 Å². The van der Waals surface area contributed by atoms with Crippen molar-refractivity contribution in [2.45, 2.75) is 26.8 Å². The molecule has 2 aromatic carbocycles. The third kappa shape index (κ3) is 4.51. The summed E-state index contributed by atoms with van der Waals surface area (Å²) in [5, 5.41) is 5.53. The van der Waals surface area contributed by atoms with Crippen LogP contribution in [0.2, 0.25) is 0 Å². The minimum absolute atomic E-state index is 0.0891. The fourth-order valence-corrected chi connectivity index (χ4v) is 2.72. The first-order valence-electron chi connectivity index (χ1n) is 9.00. The largest absolute Gasteiger partial charge is 0.493 e. The Morgan fingerprint density at radius 1 is 0.962 bits per heavy atom. The van der Waals surface area contributed by atoms with Crippen LogP contribution >= 0.6 is 0 Å². The molecule has 0 fully saturated rings. The van der Waals surface area contributed by atoms with Gasteiger partial charge in [0.1, 0.15) is 11.6 Å². The minimum atomic E-state index is -0.365. The highest BCUT2D eigenvalue weighted by Gasteiger charge is 2.05. The van der Waals surface area contributed by atoms with Gasteiger partial charge in [0.25, 0.3) is 0 Å². The summed E-state index contributed by atoms with van der Waals surface area (Å²) in [6.45, 7) is 6.05. The fraction of sp³-hybridized carbons (Fsp3) is 0.318. The van der Waals surface area contributed by atoms with Crippen LogP contribution in [0, 0.1) is 5.92 Å². The summed E-state index contributed by atoms with van der Waals surface area (Å²) >= 11 is 0. The second-order valence-corrected chi connectivity index (χ2v) is 7.03. The van der Waals surface area contributed by atoms with Gasteiger partial charge in [0.05, 0.1) is 13.3 Å². The molecule has 0 aliphatic carbocycles. The van der Waals surface area contributed by atoms with E-state index in [2.05, 4.69) is 48.4 Å². The van der Waals surface area contributed by atoms with E-state index in [9.17, 15) is 4.39 Å². The molecule has 1 aromatic heterocycles. The number of rotatable bonds is 7. The van der Waals surface area contributed by atoms with Gasteiger partial charge in [0.15, 0.2) is 0 Å². The number of fused-ring (bicyclic) bond motifs is 1. The second-order valence-electron chi connectivity index (χ2n) is 7.03. The first-order chi connectivity index (χ1) is 12.5. The van der Waals surface area contributed by atoms with Gasteiger partial charge in [0.2, 0.25) is 0 Å². The Morgan fingerprint density at radius 3 is 2.38 bits per heavy atom. The van der Waals surface area contributed by atoms with E-state index >= 15 is 0 Å². The minimum Gasteiger partial charge on any atom is -0.493 e. The first-order valence-corrected chi connectivity index (χ1v) is 9.00. The van der Waals surface area contributed by atoms with E-state index < -0.39 is 0 Å². The van der Waals surface area contributed by atoms with Gasteiger partial charge in [-0.05, 0) is 60.5 Å². The molecule has 1 N–H and O–H groups in total. The summed E-state index contributed by atoms with van der Waals surface area (Å²) in [7, 11) is 0. The van der Waals surface area contributed by atoms with Crippen LogP contribution < -0.4 is 10.1 Å². The molecule has 136 valence electrons. The number of hydrogen-bond acceptors (Lipinski definition) is 3. The number of benzene rings is 2. The molecule has 0 saturated carbocycles. The maximum absolute atomic E-state index is 12.5. The Morgan fingerprint density at radius 2 is 1.69 bits per heavy atom. The molecule has 1 atom stereocenters. The molecule has 3 nitrogen and oxygen atoms in total. The third-order valence-corrected chi connectivity index (χ3v) is 4.14. The number of aromatic nitrogens is 1. The van der Waals surface area contributed by atoms with E-state index in [0.717, 1.165) is 33.5 Å². The second kappa shape index (κ2) is 8.17. The van der Waals surface area contributed by atoms with E-state index in [0.29, 0.717) is 12.6 Å². The molecule has 0 saturated heterocycles. The number of ether oxygens (including phenoxy) is 1. The molecular formula is C22H25FN2O. The highest BCUT2D eigenvalue weighted by molar-refractivity contribution is 5.88. The van der Waals surface area contributed by atoms with Gasteiger partial charge in [-0.1, -0.05) is 25.1 Å². The summed E-state index contributed by atoms with van der Waals surface area (Å²) in [4.78, 5) is 4.48. The van der Waals surface area contributed by atoms with E-state index in [4.69, 9.17) is 4.74 Å². The van der Waals surface area contributed by atoms with Gasteiger partial charge in [0, 0.05) is 23.7 Å². The summed E-state index contributed by atoms with van der Waals surface area (Å²) < 4.78 is 18.2. The van der Waals surface area contributed by atoms with Crippen molar-refractivity contribution in [1.82, 2.24) is 4.98 Å². The number of alkyl halides is 1. The first kappa shape index (κ1) is 18.2. The maximum Gasteiger partial charge on any atom is 0.126 e. The SMILES string of the molecule is CC(CF)COc1ccc2cc(-c3ccc(NC(C)C)nc3)ccc2c1. The van der Waals surface area contributed by atoms with Crippen molar-refractivity contribution >= 4 is 16.6 Å². The quantitative estimate of drug-likeness (QED) is 0.592. The lowest BCUT2D eigenvalue weighted by Crippen LogP contribution is -2.10. The zero-order valence-corrected chi connectivity index (χ0v) is 15.5. The number of nitrogens with zero attached hydrogens (tertiary/aromatic N) is 1. The monoisotopic (exact) mass is 352 g/mol. The predicted molar refractivity (Wildman–Crippen MR) is 107 cm³/mol. The van der Waals surface area contributed by atoms with Crippen molar-refractivity contribution in [2.24, 2.45) is 5.92 Å². The van der Waals surface area contributed by atoms with Crippen molar-refractivity contribution < 1.29 is 9.13 Å². The number of hydrogen-bond donors (Lipinski definition) is 1. The molecule has 0 spiro atoms. The lowest BCUT2D eigenvalue weighted by molar-refractivity contribution is 0.229. The van der Waals surface area contributed by atoms with Crippen LogP contribution in [0.5, 0.6) is 5.75 Å². The van der Waals surface area contributed by atoms with Gasteiger partial charge in [-0.2, -0.15) is 0 Å². The Bertz CT molecular complexity index is 862. The van der Waals surface area contributed by atoms with Crippen molar-refractivity contribution in [3.63, 3.8) is 0 Å². The number of halogens is 1. The normalized spacial score (nSPS) is 12.3. The standard InChI is InChI=1S/C22H25FN2O/c1-15(2)25-22-9-7-20(13-24-22)18-4-5-19-11-21(8-6-17(19)10-18)26-14-16(3)12-23/h4-11,13,15-16H,12,14H2,1-3H3,(H,24,25). The van der Waals surface area contributed by atoms with Crippen LogP contribution in [0.25, 0.3) is 21.9 Å². The van der Waals surface area contributed by atoms with Crippen LogP contribution in [0.4, 0.5) is 10.2 Å². The molecule has 26 heavy (non-hydrogen) atoms. The molecule has 0 aliphatic rings. The summed E-state index contributed by atoms with van der Waals surface area (Å²) in [5.74, 6) is 1.57. The number of anilines is 1. The van der Waals surface area contributed by atoms with Crippen molar-refractivity contribution in [3.8, 4) is 16.9 Å². The highest BCUT2D eigenvalue weighted by Crippen LogP contribution is 2.27. The molecule has 0 bridgehead atoms. The Kier molecular flexibility index (Phi) is 5.71. The van der Waals surface area contributed by atoms with Crippen molar-refractivity contribution in [1.29, 1.82) is 0 Å². The molecule has 1 unspecified atom stereocenters. The third-order valence-electron chi connectivity index (χ3n) is 4.14. The van der Waals surface area contributed by atoms with Crippen molar-refractivity contribution in [2.75, 3.05) is 18.6 Å². The van der Waals surface area contributed by atoms with E-state index in [1.54, 1.807) is 0 Å². The maximum atomic E-state index is 12.5. The molecular weight excluding hydrogens is 327 g/mol. The van der Waals surface area contributed by atoms with Crippen LogP contribution in [0.1, 0.15) is 20.8 Å². The van der Waals surface area contributed by atoms with E-state index in [1.807, 2.05) is 37.4 Å². The molecule has 3 rings (SSSR count). The topological polar surface area (TPSA) is 34.1 Å². The van der Waals surface area contributed by atoms with Crippen LogP contribution in [-0.2, 0) is 0 Å². The van der Waals surface area contributed by atoms with E-state index in [1.165, 1.54) is 0 Å². The Hall–Kier alpha value is -2.62. The Balaban J connectivity index is 1.78. The molecule has 0 amide bonds. The number of nitrogens with one attached hydrogen (secondary N) is 1. The van der Waals surface area contributed by atoms with Gasteiger partial charge in [-0.15, -0.1) is 0 Å². The van der Waals surface area contributed by atoms with Gasteiger partial charge >= 0.3 is 0 Å². The Labute approximate surface area is 154 Å². The zero-order valence-electron chi connectivity index (χ0n) is 15.5. The molecule has 0 aliphatic heterocycles. The fourth-order valence-electron chi connectivity index (χ4n) is 2.72. The molecule has 4 heteroatoms. The van der Waals surface area contributed by atoms with Crippen LogP contribution in [-0.4, -0.2) is 24.3 Å². The molecule has 1 heterocycles. The van der Waals surface area contributed by atoms with Crippen LogP contribution in [0.15, 0.2) is 54.7 Å². The summed E-state index contributed by atoms with van der Waals surface area (Å²) in [6, 6.07) is 16.7. The average molecular weight is 352 g/mol. The summed E-state index contributed by atoms with van der Waals surface area (Å²) in [6.07, 6.45) is 1.89. The molecule has 3 aromatic rings. The van der Waals surface area contributed by atoms with E-state index in [-0.39, 0.29) is 12.6 Å². The summed E-state index contributed by atoms with van der Waals surface area (Å²) in [5.41, 5.74) is 2.21.